The molecule has 0 spiro atoms. The third-order valence-corrected chi connectivity index (χ3v) is 5.72. The van der Waals surface area contributed by atoms with Gasteiger partial charge in [-0.3, -0.25) is 0 Å². The van der Waals surface area contributed by atoms with Crippen molar-refractivity contribution in [3.8, 4) is 11.5 Å². The molecule has 3 aromatic rings. The predicted octanol–water partition coefficient (Wildman–Crippen LogP) is 5.48. The summed E-state index contributed by atoms with van der Waals surface area (Å²) >= 11 is 0. The molecule has 0 aliphatic rings. The van der Waals surface area contributed by atoms with Gasteiger partial charge in [-0.05, 0) is 77.8 Å². The minimum atomic E-state index is -0.416. The minimum absolute atomic E-state index is 0.125. The monoisotopic (exact) mass is 461 g/mol. The van der Waals surface area contributed by atoms with Crippen LogP contribution in [0, 0.1) is 13.8 Å². The fraction of sp³-hybridized carbons (Fsp3) is 0.345. The molecule has 0 bridgehead atoms. The standard InChI is InChI=1S/C29H35NO4/c1-20(2)26-16-24(10-11-28(26)34-18-23-8-6-5-7-9-23)17-27-21(3)14-25(15-22(27)4)33-19-29(31)32-13-12-30/h5-11,14-16,20H,12-13,17-19,30H2,1-4H3. The molecule has 180 valence electrons. The van der Waals surface area contributed by atoms with Crippen molar-refractivity contribution in [2.45, 2.75) is 46.6 Å². The van der Waals surface area contributed by atoms with Crippen molar-refractivity contribution in [3.63, 3.8) is 0 Å². The van der Waals surface area contributed by atoms with Gasteiger partial charge in [0.2, 0.25) is 0 Å². The van der Waals surface area contributed by atoms with Gasteiger partial charge in [0.15, 0.2) is 6.61 Å². The van der Waals surface area contributed by atoms with Crippen LogP contribution in [0.15, 0.2) is 60.7 Å². The largest absolute Gasteiger partial charge is 0.489 e. The Morgan fingerprint density at radius 1 is 0.912 bits per heavy atom. The van der Waals surface area contributed by atoms with Gasteiger partial charge in [0, 0.05) is 6.54 Å². The SMILES string of the molecule is Cc1cc(OCC(=O)OCCN)cc(C)c1Cc1ccc(OCc2ccccc2)c(C(C)C)c1. The summed E-state index contributed by atoms with van der Waals surface area (Å²) in [6.45, 7) is 9.46. The van der Waals surface area contributed by atoms with Crippen molar-refractivity contribution in [1.29, 1.82) is 0 Å². The van der Waals surface area contributed by atoms with E-state index in [1.165, 1.54) is 16.7 Å². The summed E-state index contributed by atoms with van der Waals surface area (Å²) in [5.74, 6) is 1.53. The fourth-order valence-electron chi connectivity index (χ4n) is 3.90. The maximum atomic E-state index is 11.7. The highest BCUT2D eigenvalue weighted by atomic mass is 16.6. The molecule has 0 unspecified atom stereocenters. The van der Waals surface area contributed by atoms with E-state index in [0.29, 0.717) is 24.8 Å². The smallest absolute Gasteiger partial charge is 0.344 e. The molecule has 5 nitrogen and oxygen atoms in total. The topological polar surface area (TPSA) is 70.8 Å². The zero-order valence-corrected chi connectivity index (χ0v) is 20.6. The highest BCUT2D eigenvalue weighted by Gasteiger charge is 2.13. The third-order valence-electron chi connectivity index (χ3n) is 5.72. The van der Waals surface area contributed by atoms with Crippen LogP contribution in [-0.2, 0) is 22.6 Å². The molecule has 0 saturated heterocycles. The summed E-state index contributed by atoms with van der Waals surface area (Å²) in [6, 6.07) is 20.6. The van der Waals surface area contributed by atoms with Crippen molar-refractivity contribution in [2.75, 3.05) is 19.8 Å². The zero-order chi connectivity index (χ0) is 24.5. The van der Waals surface area contributed by atoms with E-state index in [4.69, 9.17) is 19.9 Å². The first-order valence-corrected chi connectivity index (χ1v) is 11.8. The molecule has 0 aliphatic heterocycles. The number of hydrogen-bond donors (Lipinski definition) is 1. The summed E-state index contributed by atoms with van der Waals surface area (Å²) in [5, 5.41) is 0. The second-order valence-corrected chi connectivity index (χ2v) is 8.81. The average Bonchev–Trinajstić information content (AvgIpc) is 2.83. The van der Waals surface area contributed by atoms with Gasteiger partial charge in [-0.2, -0.15) is 0 Å². The van der Waals surface area contributed by atoms with Gasteiger partial charge >= 0.3 is 5.97 Å². The number of aryl methyl sites for hydroxylation is 2. The first kappa shape index (κ1) is 25.3. The van der Waals surface area contributed by atoms with E-state index in [-0.39, 0.29) is 13.2 Å². The number of carbonyl (C=O) groups is 1. The second kappa shape index (κ2) is 12.2. The quantitative estimate of drug-likeness (QED) is 0.383. The molecule has 3 aromatic carbocycles. The number of rotatable bonds is 11. The number of esters is 1. The van der Waals surface area contributed by atoms with Crippen molar-refractivity contribution in [3.05, 3.63) is 94.0 Å². The van der Waals surface area contributed by atoms with E-state index < -0.39 is 5.97 Å². The Kier molecular flexibility index (Phi) is 9.11. The molecular weight excluding hydrogens is 426 g/mol. The highest BCUT2D eigenvalue weighted by molar-refractivity contribution is 5.71. The molecule has 0 amide bonds. The van der Waals surface area contributed by atoms with Crippen LogP contribution in [0.5, 0.6) is 11.5 Å². The van der Waals surface area contributed by atoms with Gasteiger partial charge in [-0.25, -0.2) is 4.79 Å². The highest BCUT2D eigenvalue weighted by Crippen LogP contribution is 2.31. The molecule has 0 atom stereocenters. The van der Waals surface area contributed by atoms with Crippen LogP contribution in [0.25, 0.3) is 0 Å². The van der Waals surface area contributed by atoms with Crippen LogP contribution < -0.4 is 15.2 Å². The van der Waals surface area contributed by atoms with E-state index >= 15 is 0 Å². The lowest BCUT2D eigenvalue weighted by atomic mass is 9.93. The van der Waals surface area contributed by atoms with Crippen LogP contribution in [0.4, 0.5) is 0 Å². The summed E-state index contributed by atoms with van der Waals surface area (Å²) in [5.41, 5.74) is 12.5. The van der Waals surface area contributed by atoms with Gasteiger partial charge < -0.3 is 19.9 Å². The zero-order valence-electron chi connectivity index (χ0n) is 20.6. The number of nitrogens with two attached hydrogens (primary N) is 1. The molecular formula is C29H35NO4. The molecule has 0 aliphatic carbocycles. The Balaban J connectivity index is 1.71. The van der Waals surface area contributed by atoms with Crippen LogP contribution >= 0.6 is 0 Å². The van der Waals surface area contributed by atoms with Crippen LogP contribution in [0.3, 0.4) is 0 Å². The molecule has 0 fully saturated rings. The number of benzene rings is 3. The van der Waals surface area contributed by atoms with Gasteiger partial charge in [0.05, 0.1) is 0 Å². The van der Waals surface area contributed by atoms with Gasteiger partial charge in [0.1, 0.15) is 24.7 Å². The third kappa shape index (κ3) is 7.09. The average molecular weight is 462 g/mol. The summed E-state index contributed by atoms with van der Waals surface area (Å²) in [4.78, 5) is 11.7. The Labute approximate surface area is 202 Å². The Morgan fingerprint density at radius 3 is 2.26 bits per heavy atom. The van der Waals surface area contributed by atoms with Crippen molar-refractivity contribution in [1.82, 2.24) is 0 Å². The van der Waals surface area contributed by atoms with Gasteiger partial charge in [0.25, 0.3) is 0 Å². The molecule has 5 heteroatoms. The van der Waals surface area contributed by atoms with Gasteiger partial charge in [-0.1, -0.05) is 56.3 Å². The lowest BCUT2D eigenvalue weighted by molar-refractivity contribution is -0.145. The van der Waals surface area contributed by atoms with Crippen molar-refractivity contribution < 1.29 is 19.0 Å². The maximum absolute atomic E-state index is 11.7. The van der Waals surface area contributed by atoms with Crippen molar-refractivity contribution >= 4 is 5.97 Å². The maximum Gasteiger partial charge on any atom is 0.344 e. The molecule has 0 saturated carbocycles. The Morgan fingerprint density at radius 2 is 1.62 bits per heavy atom. The van der Waals surface area contributed by atoms with Crippen molar-refractivity contribution in [2.24, 2.45) is 5.73 Å². The molecule has 0 radical (unpaired) electrons. The summed E-state index contributed by atoms with van der Waals surface area (Å²) in [6.07, 6.45) is 0.815. The second-order valence-electron chi connectivity index (χ2n) is 8.81. The molecule has 34 heavy (non-hydrogen) atoms. The first-order valence-electron chi connectivity index (χ1n) is 11.8. The summed E-state index contributed by atoms with van der Waals surface area (Å²) in [7, 11) is 0. The molecule has 3 rings (SSSR count). The predicted molar refractivity (Wildman–Crippen MR) is 136 cm³/mol. The van der Waals surface area contributed by atoms with E-state index in [1.54, 1.807) is 0 Å². The van der Waals surface area contributed by atoms with E-state index in [9.17, 15) is 4.79 Å². The van der Waals surface area contributed by atoms with E-state index in [0.717, 1.165) is 28.9 Å². The molecule has 2 N–H and O–H groups in total. The molecule has 0 heterocycles. The molecule has 0 aromatic heterocycles. The normalized spacial score (nSPS) is 10.9. The Hall–Kier alpha value is -3.31. The van der Waals surface area contributed by atoms with Crippen LogP contribution in [-0.4, -0.2) is 25.7 Å². The van der Waals surface area contributed by atoms with E-state index in [2.05, 4.69) is 58.0 Å². The lowest BCUT2D eigenvalue weighted by Gasteiger charge is -2.17. The minimum Gasteiger partial charge on any atom is -0.489 e. The lowest BCUT2D eigenvalue weighted by Crippen LogP contribution is -2.19. The fourth-order valence-corrected chi connectivity index (χ4v) is 3.90. The van der Waals surface area contributed by atoms with Gasteiger partial charge in [-0.15, -0.1) is 0 Å². The number of ether oxygens (including phenoxy) is 3. The van der Waals surface area contributed by atoms with E-state index in [1.807, 2.05) is 30.3 Å². The first-order chi connectivity index (χ1) is 16.4. The number of carbonyl (C=O) groups excluding carboxylic acids is 1. The Bertz CT molecular complexity index is 1070. The summed E-state index contributed by atoms with van der Waals surface area (Å²) < 4.78 is 16.8. The van der Waals surface area contributed by atoms with Crippen LogP contribution in [0.2, 0.25) is 0 Å². The number of hydrogen-bond acceptors (Lipinski definition) is 5. The van der Waals surface area contributed by atoms with Crippen LogP contribution in [0.1, 0.15) is 53.1 Å².